The fourth-order valence-electron chi connectivity index (χ4n) is 2.60. The number of thioether (sulfide) groups is 2. The van der Waals surface area contributed by atoms with Gasteiger partial charge in [-0.15, -0.1) is 0 Å². The normalized spacial score (nSPS) is 32.1. The fourth-order valence-corrected chi connectivity index (χ4v) is 5.17. The van der Waals surface area contributed by atoms with E-state index in [0.717, 1.165) is 6.04 Å². The zero-order valence-corrected chi connectivity index (χ0v) is 12.5. The lowest BCUT2D eigenvalue weighted by Crippen LogP contribution is -2.53. The molecule has 1 saturated heterocycles. The van der Waals surface area contributed by atoms with Crippen LogP contribution in [-0.4, -0.2) is 35.1 Å². The van der Waals surface area contributed by atoms with Gasteiger partial charge in [0, 0.05) is 23.1 Å². The highest BCUT2D eigenvalue weighted by molar-refractivity contribution is 8.00. The Kier molecular flexibility index (Phi) is 4.19. The molecule has 1 atom stereocenters. The van der Waals surface area contributed by atoms with E-state index in [-0.39, 0.29) is 0 Å². The Balaban J connectivity index is 1.84. The minimum absolute atomic E-state index is 0.495. The Morgan fingerprint density at radius 3 is 2.56 bits per heavy atom. The van der Waals surface area contributed by atoms with Gasteiger partial charge in [-0.1, -0.05) is 20.3 Å². The van der Waals surface area contributed by atoms with Gasteiger partial charge in [0.05, 0.1) is 0 Å². The third-order valence-corrected chi connectivity index (χ3v) is 6.97. The molecule has 0 radical (unpaired) electrons. The van der Waals surface area contributed by atoms with Crippen molar-refractivity contribution in [3.63, 3.8) is 0 Å². The first kappa shape index (κ1) is 13.1. The predicted octanol–water partition coefficient (Wildman–Crippen LogP) is 3.39. The zero-order valence-electron chi connectivity index (χ0n) is 10.8. The van der Waals surface area contributed by atoms with Crippen LogP contribution < -0.4 is 5.32 Å². The topological polar surface area (TPSA) is 12.0 Å². The standard InChI is InChI=1S/C13H25NS2/c1-12(2)7-8-16-9-11(12)14-10-13(15-3)5-4-6-13/h11,14H,4-10H2,1-3H3. The first-order valence-electron chi connectivity index (χ1n) is 6.44. The summed E-state index contributed by atoms with van der Waals surface area (Å²) in [5.41, 5.74) is 0.495. The molecule has 1 N–H and O–H groups in total. The van der Waals surface area contributed by atoms with Crippen molar-refractivity contribution in [1.82, 2.24) is 5.32 Å². The Bertz CT molecular complexity index is 231. The lowest BCUT2D eigenvalue weighted by atomic mass is 9.80. The monoisotopic (exact) mass is 259 g/mol. The van der Waals surface area contributed by atoms with Gasteiger partial charge in [-0.05, 0) is 36.7 Å². The molecule has 2 fully saturated rings. The second-order valence-corrected chi connectivity index (χ2v) is 8.41. The third kappa shape index (κ3) is 2.73. The summed E-state index contributed by atoms with van der Waals surface area (Å²) in [6.45, 7) is 6.08. The van der Waals surface area contributed by atoms with Gasteiger partial charge in [0.1, 0.15) is 0 Å². The maximum absolute atomic E-state index is 3.86. The molecule has 0 spiro atoms. The molecule has 1 aliphatic heterocycles. The molecule has 2 rings (SSSR count). The summed E-state index contributed by atoms with van der Waals surface area (Å²) in [4.78, 5) is 0. The van der Waals surface area contributed by atoms with Crippen LogP contribution in [0.4, 0.5) is 0 Å². The molecular formula is C13H25NS2. The average molecular weight is 259 g/mol. The van der Waals surface area contributed by atoms with Crippen LogP contribution >= 0.6 is 23.5 Å². The Hall–Kier alpha value is 0.660. The van der Waals surface area contributed by atoms with Crippen molar-refractivity contribution in [1.29, 1.82) is 0 Å². The number of rotatable bonds is 4. The molecular weight excluding hydrogens is 234 g/mol. The lowest BCUT2D eigenvalue weighted by Gasteiger charge is -2.45. The van der Waals surface area contributed by atoms with Crippen LogP contribution in [-0.2, 0) is 0 Å². The van der Waals surface area contributed by atoms with Gasteiger partial charge in [0.2, 0.25) is 0 Å². The molecule has 0 aromatic carbocycles. The van der Waals surface area contributed by atoms with E-state index in [9.17, 15) is 0 Å². The highest BCUT2D eigenvalue weighted by Gasteiger charge is 2.39. The van der Waals surface area contributed by atoms with E-state index in [1.165, 1.54) is 43.7 Å². The fraction of sp³-hybridized carbons (Fsp3) is 1.00. The lowest BCUT2D eigenvalue weighted by molar-refractivity contribution is 0.226. The molecule has 3 heteroatoms. The van der Waals surface area contributed by atoms with Gasteiger partial charge in [0.25, 0.3) is 0 Å². The Morgan fingerprint density at radius 2 is 2.06 bits per heavy atom. The number of hydrogen-bond donors (Lipinski definition) is 1. The van der Waals surface area contributed by atoms with Crippen molar-refractivity contribution in [3.8, 4) is 0 Å². The highest BCUT2D eigenvalue weighted by Crippen LogP contribution is 2.43. The third-order valence-electron chi connectivity index (χ3n) is 4.49. The van der Waals surface area contributed by atoms with E-state index in [2.05, 4.69) is 48.9 Å². The summed E-state index contributed by atoms with van der Waals surface area (Å²) in [5, 5.41) is 3.86. The van der Waals surface area contributed by atoms with Crippen LogP contribution in [0.2, 0.25) is 0 Å². The first-order chi connectivity index (χ1) is 7.58. The van der Waals surface area contributed by atoms with Crippen LogP contribution in [0.1, 0.15) is 39.5 Å². The minimum atomic E-state index is 0.495. The molecule has 1 saturated carbocycles. The Labute approximate surface area is 109 Å². The van der Waals surface area contributed by atoms with E-state index >= 15 is 0 Å². The van der Waals surface area contributed by atoms with Crippen LogP contribution in [0.15, 0.2) is 0 Å². The highest BCUT2D eigenvalue weighted by atomic mass is 32.2. The SMILES string of the molecule is CSC1(CNC2CSCCC2(C)C)CCC1. The summed E-state index contributed by atoms with van der Waals surface area (Å²) in [6.07, 6.45) is 7.91. The molecule has 1 aliphatic carbocycles. The van der Waals surface area contributed by atoms with Gasteiger partial charge in [-0.2, -0.15) is 23.5 Å². The van der Waals surface area contributed by atoms with Crippen LogP contribution in [0.5, 0.6) is 0 Å². The maximum Gasteiger partial charge on any atom is 0.0281 e. The van der Waals surface area contributed by atoms with Crippen molar-refractivity contribution in [2.75, 3.05) is 24.3 Å². The van der Waals surface area contributed by atoms with Crippen LogP contribution in [0.3, 0.4) is 0 Å². The maximum atomic E-state index is 3.86. The second kappa shape index (κ2) is 5.11. The molecule has 0 aromatic rings. The molecule has 1 nitrogen and oxygen atoms in total. The first-order valence-corrected chi connectivity index (χ1v) is 8.82. The summed E-state index contributed by atoms with van der Waals surface area (Å²) in [7, 11) is 0. The van der Waals surface area contributed by atoms with Crippen LogP contribution in [0, 0.1) is 5.41 Å². The average Bonchev–Trinajstić information content (AvgIpc) is 2.19. The molecule has 1 heterocycles. The van der Waals surface area contributed by atoms with Gasteiger partial charge in [-0.25, -0.2) is 0 Å². The van der Waals surface area contributed by atoms with Crippen LogP contribution in [0.25, 0.3) is 0 Å². The molecule has 0 bridgehead atoms. The van der Waals surface area contributed by atoms with Crippen molar-refractivity contribution >= 4 is 23.5 Å². The summed E-state index contributed by atoms with van der Waals surface area (Å²) < 4.78 is 0.582. The van der Waals surface area contributed by atoms with E-state index in [0.29, 0.717) is 10.2 Å². The van der Waals surface area contributed by atoms with Gasteiger partial charge >= 0.3 is 0 Å². The van der Waals surface area contributed by atoms with E-state index in [1.54, 1.807) is 0 Å². The smallest absolute Gasteiger partial charge is 0.0281 e. The van der Waals surface area contributed by atoms with Gasteiger partial charge in [0.15, 0.2) is 0 Å². The van der Waals surface area contributed by atoms with Crippen molar-refractivity contribution in [3.05, 3.63) is 0 Å². The largest absolute Gasteiger partial charge is 0.311 e. The number of hydrogen-bond acceptors (Lipinski definition) is 3. The predicted molar refractivity (Wildman–Crippen MR) is 77.6 cm³/mol. The molecule has 16 heavy (non-hydrogen) atoms. The van der Waals surface area contributed by atoms with E-state index in [4.69, 9.17) is 0 Å². The van der Waals surface area contributed by atoms with Crippen molar-refractivity contribution < 1.29 is 0 Å². The molecule has 0 aromatic heterocycles. The second-order valence-electron chi connectivity index (χ2n) is 5.99. The zero-order chi connectivity index (χ0) is 11.6. The van der Waals surface area contributed by atoms with Crippen molar-refractivity contribution in [2.24, 2.45) is 5.41 Å². The van der Waals surface area contributed by atoms with Gasteiger partial charge in [-0.3, -0.25) is 0 Å². The molecule has 0 amide bonds. The summed E-state index contributed by atoms with van der Waals surface area (Å²) in [6, 6.07) is 0.718. The summed E-state index contributed by atoms with van der Waals surface area (Å²) >= 11 is 4.20. The molecule has 1 unspecified atom stereocenters. The van der Waals surface area contributed by atoms with Crippen molar-refractivity contribution in [2.45, 2.75) is 50.3 Å². The molecule has 94 valence electrons. The summed E-state index contributed by atoms with van der Waals surface area (Å²) in [5.74, 6) is 2.65. The van der Waals surface area contributed by atoms with E-state index in [1.807, 2.05) is 0 Å². The number of nitrogens with one attached hydrogen (secondary N) is 1. The quantitative estimate of drug-likeness (QED) is 0.831. The Morgan fingerprint density at radius 1 is 1.31 bits per heavy atom. The van der Waals surface area contributed by atoms with E-state index < -0.39 is 0 Å². The minimum Gasteiger partial charge on any atom is -0.311 e. The molecule has 2 aliphatic rings. The van der Waals surface area contributed by atoms with Gasteiger partial charge < -0.3 is 5.32 Å².